The third-order valence-electron chi connectivity index (χ3n) is 4.35. The van der Waals surface area contributed by atoms with Crippen LogP contribution in [0.1, 0.15) is 16.1 Å². The molecule has 0 bridgehead atoms. The largest absolute Gasteiger partial charge is 0.322 e. The molecule has 0 atom stereocenters. The first-order chi connectivity index (χ1) is 14.5. The Morgan fingerprint density at radius 1 is 0.967 bits per heavy atom. The average Bonchev–Trinajstić information content (AvgIpc) is 2.73. The van der Waals surface area contributed by atoms with Crippen LogP contribution in [0, 0.1) is 11.6 Å². The van der Waals surface area contributed by atoms with E-state index in [0.717, 1.165) is 17.0 Å². The maximum Gasteiger partial charge on any atom is 0.271 e. The van der Waals surface area contributed by atoms with Gasteiger partial charge in [0.15, 0.2) is 0 Å². The lowest BCUT2D eigenvalue weighted by molar-refractivity contribution is 0.101. The molecule has 5 nitrogen and oxygen atoms in total. The molecule has 150 valence electrons. The summed E-state index contributed by atoms with van der Waals surface area (Å²) in [6.07, 6.45) is 0. The minimum atomic E-state index is -0.923. The van der Waals surface area contributed by atoms with Crippen molar-refractivity contribution >= 4 is 34.4 Å². The first-order valence-corrected chi connectivity index (χ1v) is 9.96. The van der Waals surface area contributed by atoms with E-state index in [4.69, 9.17) is 0 Å². The first kappa shape index (κ1) is 19.8. The first-order valence-electron chi connectivity index (χ1n) is 8.97. The van der Waals surface area contributed by atoms with Crippen LogP contribution in [-0.2, 0) is 5.75 Å². The third-order valence-corrected chi connectivity index (χ3v) is 5.37. The Morgan fingerprint density at radius 3 is 2.40 bits per heavy atom. The van der Waals surface area contributed by atoms with Crippen molar-refractivity contribution in [2.45, 2.75) is 10.6 Å². The maximum absolute atomic E-state index is 13.7. The molecule has 30 heavy (non-hydrogen) atoms. The highest BCUT2D eigenvalue weighted by Gasteiger charge is 2.17. The summed E-state index contributed by atoms with van der Waals surface area (Å²) in [6, 6.07) is 17.3. The number of amides is 1. The van der Waals surface area contributed by atoms with Crippen molar-refractivity contribution in [1.82, 2.24) is 9.97 Å². The van der Waals surface area contributed by atoms with Gasteiger partial charge in [-0.05, 0) is 48.5 Å². The van der Waals surface area contributed by atoms with Gasteiger partial charge >= 0.3 is 0 Å². The normalized spacial score (nSPS) is 10.9. The van der Waals surface area contributed by atoms with Gasteiger partial charge in [-0.2, -0.15) is 0 Å². The van der Waals surface area contributed by atoms with Gasteiger partial charge in [-0.25, -0.2) is 13.8 Å². The summed E-state index contributed by atoms with van der Waals surface area (Å²) < 4.78 is 27.4. The van der Waals surface area contributed by atoms with Crippen molar-refractivity contribution in [1.29, 1.82) is 0 Å². The monoisotopic (exact) mass is 423 g/mol. The van der Waals surface area contributed by atoms with Crippen LogP contribution in [0.5, 0.6) is 0 Å². The van der Waals surface area contributed by atoms with E-state index >= 15 is 0 Å². The molecule has 1 heterocycles. The minimum absolute atomic E-state index is 0.239. The molecule has 0 saturated heterocycles. The lowest BCUT2D eigenvalue weighted by atomic mass is 10.2. The zero-order valence-corrected chi connectivity index (χ0v) is 16.3. The SMILES string of the molecule is O=C(Nc1ccc(SCc2nc3ccccc3[nH]c2=O)cc1)c1c(F)cccc1F. The van der Waals surface area contributed by atoms with Gasteiger partial charge in [0.05, 0.1) is 11.0 Å². The molecule has 0 aliphatic rings. The number of hydrogen-bond acceptors (Lipinski definition) is 4. The Labute approximate surface area is 174 Å². The fourth-order valence-corrected chi connectivity index (χ4v) is 3.69. The number of halogens is 2. The summed E-state index contributed by atoms with van der Waals surface area (Å²) in [5.41, 5.74) is 1.34. The fourth-order valence-electron chi connectivity index (χ4n) is 2.86. The molecule has 0 radical (unpaired) electrons. The summed E-state index contributed by atoms with van der Waals surface area (Å²) in [4.78, 5) is 32.4. The van der Waals surface area contributed by atoms with Gasteiger partial charge in [0.1, 0.15) is 22.9 Å². The fraction of sp³-hybridized carbons (Fsp3) is 0.0455. The number of hydrogen-bond donors (Lipinski definition) is 2. The zero-order valence-electron chi connectivity index (χ0n) is 15.5. The van der Waals surface area contributed by atoms with Crippen molar-refractivity contribution in [2.24, 2.45) is 0 Å². The zero-order chi connectivity index (χ0) is 21.1. The van der Waals surface area contributed by atoms with Gasteiger partial charge in [-0.15, -0.1) is 11.8 Å². The lowest BCUT2D eigenvalue weighted by Gasteiger charge is -2.08. The molecule has 4 aromatic rings. The molecule has 0 saturated carbocycles. The Kier molecular flexibility index (Phi) is 5.58. The number of aromatic amines is 1. The van der Waals surface area contributed by atoms with Gasteiger partial charge in [0.25, 0.3) is 11.5 Å². The predicted octanol–water partition coefficient (Wildman–Crippen LogP) is 4.75. The molecule has 1 amide bonds. The number of thioether (sulfide) groups is 1. The molecule has 0 fully saturated rings. The molecule has 2 N–H and O–H groups in total. The number of benzene rings is 3. The molecule has 0 aliphatic heterocycles. The van der Waals surface area contributed by atoms with Gasteiger partial charge in [-0.3, -0.25) is 9.59 Å². The summed E-state index contributed by atoms with van der Waals surface area (Å²) in [7, 11) is 0. The number of H-pyrrole nitrogens is 1. The highest BCUT2D eigenvalue weighted by atomic mass is 32.2. The quantitative estimate of drug-likeness (QED) is 0.455. The number of aromatic nitrogens is 2. The van der Waals surface area contributed by atoms with E-state index < -0.39 is 23.1 Å². The van der Waals surface area contributed by atoms with Crippen LogP contribution < -0.4 is 10.9 Å². The number of carbonyl (C=O) groups excluding carboxylic acids is 1. The highest BCUT2D eigenvalue weighted by Crippen LogP contribution is 2.24. The smallest absolute Gasteiger partial charge is 0.271 e. The molecule has 1 aromatic heterocycles. The number of carbonyl (C=O) groups is 1. The predicted molar refractivity (Wildman–Crippen MR) is 113 cm³/mol. The van der Waals surface area contributed by atoms with Crippen molar-refractivity contribution in [2.75, 3.05) is 5.32 Å². The van der Waals surface area contributed by atoms with Crippen LogP contribution in [-0.4, -0.2) is 15.9 Å². The average molecular weight is 423 g/mol. The van der Waals surface area contributed by atoms with Crippen LogP contribution >= 0.6 is 11.8 Å². The highest BCUT2D eigenvalue weighted by molar-refractivity contribution is 7.98. The van der Waals surface area contributed by atoms with Crippen LogP contribution in [0.25, 0.3) is 11.0 Å². The van der Waals surface area contributed by atoms with E-state index in [2.05, 4.69) is 15.3 Å². The summed E-state index contributed by atoms with van der Waals surface area (Å²) in [5, 5.41) is 2.47. The number of fused-ring (bicyclic) bond motifs is 1. The van der Waals surface area contributed by atoms with E-state index in [-0.39, 0.29) is 5.56 Å². The lowest BCUT2D eigenvalue weighted by Crippen LogP contribution is -2.15. The molecule has 4 rings (SSSR count). The van der Waals surface area contributed by atoms with Crippen LogP contribution in [0.2, 0.25) is 0 Å². The van der Waals surface area contributed by atoms with E-state index in [1.54, 1.807) is 30.3 Å². The Balaban J connectivity index is 1.44. The van der Waals surface area contributed by atoms with Crippen LogP contribution in [0.3, 0.4) is 0 Å². The Hall–Kier alpha value is -3.52. The van der Waals surface area contributed by atoms with Crippen molar-refractivity contribution in [3.05, 3.63) is 100.0 Å². The van der Waals surface area contributed by atoms with E-state index in [1.165, 1.54) is 17.8 Å². The third kappa shape index (κ3) is 4.23. The Bertz CT molecular complexity index is 1270. The van der Waals surface area contributed by atoms with Crippen molar-refractivity contribution in [3.63, 3.8) is 0 Å². The second kappa shape index (κ2) is 8.46. The summed E-state index contributed by atoms with van der Waals surface area (Å²) in [5.74, 6) is -2.34. The maximum atomic E-state index is 13.7. The van der Waals surface area contributed by atoms with E-state index in [1.807, 2.05) is 18.2 Å². The van der Waals surface area contributed by atoms with Gasteiger partial charge in [0.2, 0.25) is 0 Å². The van der Waals surface area contributed by atoms with E-state index in [9.17, 15) is 18.4 Å². The Morgan fingerprint density at radius 2 is 1.67 bits per heavy atom. The van der Waals surface area contributed by atoms with E-state index in [0.29, 0.717) is 28.2 Å². The number of para-hydroxylation sites is 2. The molecular weight excluding hydrogens is 408 g/mol. The molecule has 0 aliphatic carbocycles. The molecular formula is C22H15F2N3O2S. The number of anilines is 1. The summed E-state index contributed by atoms with van der Waals surface area (Å²) in [6.45, 7) is 0. The minimum Gasteiger partial charge on any atom is -0.322 e. The van der Waals surface area contributed by atoms with Gasteiger partial charge < -0.3 is 10.3 Å². The van der Waals surface area contributed by atoms with Crippen molar-refractivity contribution < 1.29 is 13.6 Å². The van der Waals surface area contributed by atoms with Crippen LogP contribution in [0.15, 0.2) is 76.4 Å². The van der Waals surface area contributed by atoms with Crippen molar-refractivity contribution in [3.8, 4) is 0 Å². The second-order valence-electron chi connectivity index (χ2n) is 6.39. The number of nitrogens with zero attached hydrogens (tertiary/aromatic N) is 1. The topological polar surface area (TPSA) is 74.8 Å². The second-order valence-corrected chi connectivity index (χ2v) is 7.44. The molecule has 0 spiro atoms. The van der Waals surface area contributed by atoms with Gasteiger partial charge in [0, 0.05) is 16.3 Å². The standard InChI is InChI=1S/C22H15F2N3O2S/c23-15-4-3-5-16(24)20(15)22(29)25-13-8-10-14(11-9-13)30-12-19-21(28)27-18-7-2-1-6-17(18)26-19/h1-11H,12H2,(H,25,29)(H,27,28). The molecule has 3 aromatic carbocycles. The van der Waals surface area contributed by atoms with Gasteiger partial charge in [-0.1, -0.05) is 18.2 Å². The molecule has 0 unspecified atom stereocenters. The summed E-state index contributed by atoms with van der Waals surface area (Å²) >= 11 is 1.41. The van der Waals surface area contributed by atoms with Crippen LogP contribution in [0.4, 0.5) is 14.5 Å². The number of rotatable bonds is 5. The molecule has 8 heteroatoms. The number of nitrogens with one attached hydrogen (secondary N) is 2.